The van der Waals surface area contributed by atoms with Gasteiger partial charge in [0, 0.05) is 26.1 Å². The molecule has 1 saturated heterocycles. The fourth-order valence-electron chi connectivity index (χ4n) is 2.77. The van der Waals surface area contributed by atoms with E-state index in [4.69, 9.17) is 11.6 Å². The van der Waals surface area contributed by atoms with Gasteiger partial charge in [-0.1, -0.05) is 11.6 Å². The molecular weight excluding hydrogens is 336 g/mol. The smallest absolute Gasteiger partial charge is 0.257 e. The summed E-state index contributed by atoms with van der Waals surface area (Å²) in [4.78, 5) is 26.5. The normalized spacial score (nSPS) is 15.7. The first-order valence-corrected chi connectivity index (χ1v) is 8.59. The number of aromatic amines is 1. The quantitative estimate of drug-likeness (QED) is 0.891. The molecule has 1 fully saturated rings. The fraction of sp³-hybridized carbons (Fsp3) is 0.400. The van der Waals surface area contributed by atoms with E-state index >= 15 is 0 Å². The van der Waals surface area contributed by atoms with E-state index in [-0.39, 0.29) is 17.9 Å². The second-order valence-electron chi connectivity index (χ2n) is 5.53. The van der Waals surface area contributed by atoms with Gasteiger partial charge in [0.1, 0.15) is 0 Å². The number of aromatic nitrogens is 2. The summed E-state index contributed by atoms with van der Waals surface area (Å²) in [5, 5.41) is 9.81. The van der Waals surface area contributed by atoms with Crippen LogP contribution in [-0.4, -0.2) is 46.0 Å². The molecule has 2 aromatic heterocycles. The lowest BCUT2D eigenvalue weighted by Crippen LogP contribution is -2.46. The standard InChI is InChI=1S/C15H17ClN4O2S/c1-9(21)18-10-4-6-20(7-5-10)15(22)11-8-17-19-14(11)12-2-3-13(16)23-12/h2-3,8,10H,4-7H2,1H3,(H,17,19)(H,18,21). The minimum absolute atomic E-state index is 0.0264. The third-order valence-corrected chi connectivity index (χ3v) is 5.13. The Balaban J connectivity index is 1.70. The molecule has 0 bridgehead atoms. The van der Waals surface area contributed by atoms with E-state index in [1.165, 1.54) is 18.3 Å². The summed E-state index contributed by atoms with van der Waals surface area (Å²) in [5.41, 5.74) is 1.26. The van der Waals surface area contributed by atoms with Crippen molar-refractivity contribution in [3.05, 3.63) is 28.2 Å². The summed E-state index contributed by atoms with van der Waals surface area (Å²) in [6.07, 6.45) is 3.10. The number of likely N-dealkylation sites (tertiary alicyclic amines) is 1. The second-order valence-corrected chi connectivity index (χ2v) is 7.24. The first-order chi connectivity index (χ1) is 11.0. The molecule has 0 aliphatic carbocycles. The number of thiophene rings is 1. The maximum absolute atomic E-state index is 12.7. The summed E-state index contributed by atoms with van der Waals surface area (Å²) in [6, 6.07) is 3.83. The average Bonchev–Trinajstić information content (AvgIpc) is 3.15. The topological polar surface area (TPSA) is 78.1 Å². The molecule has 122 valence electrons. The van der Waals surface area contributed by atoms with Crippen molar-refractivity contribution >= 4 is 34.8 Å². The van der Waals surface area contributed by atoms with E-state index < -0.39 is 0 Å². The molecular formula is C15H17ClN4O2S. The van der Waals surface area contributed by atoms with Gasteiger partial charge >= 0.3 is 0 Å². The molecule has 1 aliphatic heterocycles. The SMILES string of the molecule is CC(=O)NC1CCN(C(=O)c2cn[nH]c2-c2ccc(Cl)s2)CC1. The zero-order valence-electron chi connectivity index (χ0n) is 12.6. The highest BCUT2D eigenvalue weighted by Crippen LogP contribution is 2.32. The zero-order chi connectivity index (χ0) is 16.4. The van der Waals surface area contributed by atoms with Crippen LogP contribution in [0.3, 0.4) is 0 Å². The Morgan fingerprint density at radius 1 is 1.39 bits per heavy atom. The number of rotatable bonds is 3. The number of hydrogen-bond donors (Lipinski definition) is 2. The van der Waals surface area contributed by atoms with Gasteiger partial charge in [0.2, 0.25) is 5.91 Å². The molecule has 2 aromatic rings. The van der Waals surface area contributed by atoms with Gasteiger partial charge in [-0.3, -0.25) is 14.7 Å². The highest BCUT2D eigenvalue weighted by atomic mass is 35.5. The van der Waals surface area contributed by atoms with Crippen molar-refractivity contribution in [1.82, 2.24) is 20.4 Å². The third kappa shape index (κ3) is 3.56. The van der Waals surface area contributed by atoms with Gasteiger partial charge in [-0.25, -0.2) is 0 Å². The van der Waals surface area contributed by atoms with E-state index in [2.05, 4.69) is 15.5 Å². The van der Waals surface area contributed by atoms with E-state index in [1.54, 1.807) is 12.3 Å². The maximum atomic E-state index is 12.7. The van der Waals surface area contributed by atoms with Gasteiger partial charge in [-0.05, 0) is 25.0 Å². The third-order valence-electron chi connectivity index (χ3n) is 3.88. The molecule has 1 aliphatic rings. The molecule has 0 spiro atoms. The zero-order valence-corrected chi connectivity index (χ0v) is 14.2. The lowest BCUT2D eigenvalue weighted by molar-refractivity contribution is -0.119. The lowest BCUT2D eigenvalue weighted by Gasteiger charge is -2.32. The minimum Gasteiger partial charge on any atom is -0.353 e. The summed E-state index contributed by atoms with van der Waals surface area (Å²) >= 11 is 7.38. The number of nitrogens with zero attached hydrogens (tertiary/aromatic N) is 2. The highest BCUT2D eigenvalue weighted by molar-refractivity contribution is 7.19. The predicted molar refractivity (Wildman–Crippen MR) is 89.7 cm³/mol. The molecule has 3 heterocycles. The van der Waals surface area contributed by atoms with Gasteiger partial charge < -0.3 is 10.2 Å². The molecule has 23 heavy (non-hydrogen) atoms. The van der Waals surface area contributed by atoms with Gasteiger partial charge in [0.05, 0.1) is 26.7 Å². The lowest BCUT2D eigenvalue weighted by atomic mass is 10.0. The van der Waals surface area contributed by atoms with E-state index in [0.29, 0.717) is 28.7 Å². The largest absolute Gasteiger partial charge is 0.353 e. The minimum atomic E-state index is -0.0421. The van der Waals surface area contributed by atoms with Crippen LogP contribution >= 0.6 is 22.9 Å². The molecule has 0 atom stereocenters. The van der Waals surface area contributed by atoms with Gasteiger partial charge in [-0.2, -0.15) is 5.10 Å². The number of hydrogen-bond acceptors (Lipinski definition) is 4. The molecule has 2 amide bonds. The van der Waals surface area contributed by atoms with Crippen molar-refractivity contribution in [3.63, 3.8) is 0 Å². The Bertz CT molecular complexity index is 719. The van der Waals surface area contributed by atoms with Crippen molar-refractivity contribution in [1.29, 1.82) is 0 Å². The monoisotopic (exact) mass is 352 g/mol. The van der Waals surface area contributed by atoms with Crippen molar-refractivity contribution in [2.45, 2.75) is 25.8 Å². The second kappa shape index (κ2) is 6.72. The van der Waals surface area contributed by atoms with E-state index in [0.717, 1.165) is 17.7 Å². The molecule has 0 saturated carbocycles. The Morgan fingerprint density at radius 2 is 2.13 bits per heavy atom. The molecule has 6 nitrogen and oxygen atoms in total. The molecule has 3 rings (SSSR count). The summed E-state index contributed by atoms with van der Waals surface area (Å²) < 4.78 is 0.670. The fourth-order valence-corrected chi connectivity index (χ4v) is 3.82. The number of halogens is 1. The summed E-state index contributed by atoms with van der Waals surface area (Å²) in [6.45, 7) is 2.76. The van der Waals surface area contributed by atoms with Crippen LogP contribution < -0.4 is 5.32 Å². The van der Waals surface area contributed by atoms with Crippen LogP contribution in [0.2, 0.25) is 4.34 Å². The first-order valence-electron chi connectivity index (χ1n) is 7.40. The molecule has 0 radical (unpaired) electrons. The Hall–Kier alpha value is -1.86. The van der Waals surface area contributed by atoms with Crippen LogP contribution in [0.25, 0.3) is 10.6 Å². The molecule has 8 heteroatoms. The maximum Gasteiger partial charge on any atom is 0.257 e. The van der Waals surface area contributed by atoms with Gasteiger partial charge in [0.25, 0.3) is 5.91 Å². The van der Waals surface area contributed by atoms with Gasteiger partial charge in [-0.15, -0.1) is 11.3 Å². The van der Waals surface area contributed by atoms with Crippen LogP contribution in [-0.2, 0) is 4.79 Å². The number of nitrogens with one attached hydrogen (secondary N) is 2. The summed E-state index contributed by atoms with van der Waals surface area (Å²) in [7, 11) is 0. The summed E-state index contributed by atoms with van der Waals surface area (Å²) in [5.74, 6) is -0.0685. The number of piperidine rings is 1. The highest BCUT2D eigenvalue weighted by Gasteiger charge is 2.26. The Kier molecular flexibility index (Phi) is 4.68. The molecule has 0 aromatic carbocycles. The van der Waals surface area contributed by atoms with Crippen molar-refractivity contribution in [2.24, 2.45) is 0 Å². The Morgan fingerprint density at radius 3 is 2.74 bits per heavy atom. The Labute approximate surface area is 142 Å². The van der Waals surface area contributed by atoms with E-state index in [1.807, 2.05) is 11.0 Å². The van der Waals surface area contributed by atoms with Crippen LogP contribution in [0.5, 0.6) is 0 Å². The number of carbonyl (C=O) groups is 2. The predicted octanol–water partition coefficient (Wildman–Crippen LogP) is 2.53. The van der Waals surface area contributed by atoms with Crippen molar-refractivity contribution in [2.75, 3.05) is 13.1 Å². The van der Waals surface area contributed by atoms with E-state index in [9.17, 15) is 9.59 Å². The van der Waals surface area contributed by atoms with Gasteiger partial charge in [0.15, 0.2) is 0 Å². The van der Waals surface area contributed by atoms with Crippen LogP contribution in [0.15, 0.2) is 18.3 Å². The van der Waals surface area contributed by atoms with Crippen molar-refractivity contribution < 1.29 is 9.59 Å². The number of amides is 2. The molecule has 0 unspecified atom stereocenters. The van der Waals surface area contributed by atoms with Crippen LogP contribution in [0.4, 0.5) is 0 Å². The molecule has 2 N–H and O–H groups in total. The average molecular weight is 353 g/mol. The number of H-pyrrole nitrogens is 1. The van der Waals surface area contributed by atoms with Crippen molar-refractivity contribution in [3.8, 4) is 10.6 Å². The number of carbonyl (C=O) groups excluding carboxylic acids is 2. The first kappa shape index (κ1) is 16.0. The van der Waals surface area contributed by atoms with Crippen LogP contribution in [0.1, 0.15) is 30.1 Å². The van der Waals surface area contributed by atoms with Crippen LogP contribution in [0, 0.1) is 0 Å².